The van der Waals surface area contributed by atoms with E-state index in [-0.39, 0.29) is 18.1 Å². The van der Waals surface area contributed by atoms with Crippen LogP contribution in [0, 0.1) is 5.82 Å². The maximum absolute atomic E-state index is 12.8. The molecular weight excluding hydrogens is 339 g/mol. The number of nitrogens with zero attached hydrogens (tertiary/aromatic N) is 4. The molecule has 0 aliphatic rings. The van der Waals surface area contributed by atoms with Crippen LogP contribution in [0.3, 0.4) is 0 Å². The lowest BCUT2D eigenvalue weighted by Gasteiger charge is -2.08. The monoisotopic (exact) mass is 354 g/mol. The summed E-state index contributed by atoms with van der Waals surface area (Å²) >= 11 is 0. The molecule has 2 N–H and O–H groups in total. The average Bonchev–Trinajstić information content (AvgIpc) is 3.20. The van der Waals surface area contributed by atoms with Crippen molar-refractivity contribution in [2.45, 2.75) is 12.8 Å². The van der Waals surface area contributed by atoms with Gasteiger partial charge in [-0.1, -0.05) is 12.1 Å². The summed E-state index contributed by atoms with van der Waals surface area (Å²) in [5, 5.41) is 10.8. The average molecular weight is 354 g/mol. The van der Waals surface area contributed by atoms with E-state index in [1.807, 2.05) is 0 Å². The molecule has 132 valence electrons. The quantitative estimate of drug-likeness (QED) is 0.670. The van der Waals surface area contributed by atoms with E-state index in [1.54, 1.807) is 36.4 Å². The van der Waals surface area contributed by atoms with Gasteiger partial charge < -0.3 is 0 Å². The van der Waals surface area contributed by atoms with Gasteiger partial charge in [0.25, 0.3) is 5.91 Å². The molecule has 9 heteroatoms. The normalized spacial score (nSPS) is 10.3. The molecule has 0 aliphatic heterocycles. The van der Waals surface area contributed by atoms with Gasteiger partial charge in [-0.2, -0.15) is 0 Å². The van der Waals surface area contributed by atoms with Crippen molar-refractivity contribution in [3.8, 4) is 5.69 Å². The number of amides is 2. The van der Waals surface area contributed by atoms with E-state index in [2.05, 4.69) is 26.4 Å². The van der Waals surface area contributed by atoms with Crippen molar-refractivity contribution in [1.82, 2.24) is 31.1 Å². The zero-order chi connectivity index (χ0) is 18.4. The molecule has 0 spiro atoms. The number of nitrogens with one attached hydrogen (secondary N) is 2. The first-order valence-electron chi connectivity index (χ1n) is 7.79. The van der Waals surface area contributed by atoms with Crippen LogP contribution in [0.1, 0.15) is 22.3 Å². The molecule has 8 nitrogen and oxygen atoms in total. The van der Waals surface area contributed by atoms with E-state index in [1.165, 1.54) is 23.1 Å². The molecule has 1 aromatic heterocycles. The molecule has 3 aromatic rings. The third-order valence-corrected chi connectivity index (χ3v) is 3.61. The number of carbonyl (C=O) groups is 2. The summed E-state index contributed by atoms with van der Waals surface area (Å²) in [5.74, 6) is -1.10. The standard InChI is InChI=1S/C17H15FN6O2/c18-14-6-1-12(2-7-14)3-10-16(25)20-21-17(26)13-4-8-15(9-5-13)24-11-19-22-23-24/h1-2,4-9,11H,3,10H2,(H,20,25)(H,21,26). The lowest BCUT2D eigenvalue weighted by Crippen LogP contribution is -2.41. The summed E-state index contributed by atoms with van der Waals surface area (Å²) in [7, 11) is 0. The van der Waals surface area contributed by atoms with Gasteiger partial charge in [-0.05, 0) is 58.8 Å². The SMILES string of the molecule is O=C(CCc1ccc(F)cc1)NNC(=O)c1ccc(-n2cnnn2)cc1. The fraction of sp³-hybridized carbons (Fsp3) is 0.118. The van der Waals surface area contributed by atoms with E-state index in [0.717, 1.165) is 5.56 Å². The molecule has 0 saturated heterocycles. The number of aromatic nitrogens is 4. The molecule has 2 aromatic carbocycles. The zero-order valence-electron chi connectivity index (χ0n) is 13.6. The number of hydrazine groups is 1. The van der Waals surface area contributed by atoms with Crippen molar-refractivity contribution in [2.24, 2.45) is 0 Å². The van der Waals surface area contributed by atoms with Gasteiger partial charge >= 0.3 is 0 Å². The lowest BCUT2D eigenvalue weighted by atomic mass is 10.1. The van der Waals surface area contributed by atoms with Gasteiger partial charge in [0.1, 0.15) is 12.1 Å². The van der Waals surface area contributed by atoms with Crippen molar-refractivity contribution in [2.75, 3.05) is 0 Å². The van der Waals surface area contributed by atoms with Crippen LogP contribution >= 0.6 is 0 Å². The summed E-state index contributed by atoms with van der Waals surface area (Å²) in [4.78, 5) is 23.8. The van der Waals surface area contributed by atoms with Gasteiger partial charge in [-0.3, -0.25) is 20.4 Å². The Labute approximate surface area is 148 Å². The third-order valence-electron chi connectivity index (χ3n) is 3.61. The van der Waals surface area contributed by atoms with Gasteiger partial charge in [0, 0.05) is 12.0 Å². The highest BCUT2D eigenvalue weighted by atomic mass is 19.1. The second-order valence-corrected chi connectivity index (χ2v) is 5.43. The van der Waals surface area contributed by atoms with E-state index in [4.69, 9.17) is 0 Å². The van der Waals surface area contributed by atoms with E-state index < -0.39 is 5.91 Å². The number of carbonyl (C=O) groups excluding carboxylic acids is 2. The molecule has 0 radical (unpaired) electrons. The molecule has 2 amide bonds. The smallest absolute Gasteiger partial charge is 0.269 e. The second kappa shape index (κ2) is 7.97. The number of aryl methyl sites for hydroxylation is 1. The molecular formula is C17H15FN6O2. The summed E-state index contributed by atoms with van der Waals surface area (Å²) in [5.41, 5.74) is 6.63. The first-order valence-corrected chi connectivity index (χ1v) is 7.79. The fourth-order valence-electron chi connectivity index (χ4n) is 2.22. The largest absolute Gasteiger partial charge is 0.273 e. The summed E-state index contributed by atoms with van der Waals surface area (Å²) in [6, 6.07) is 12.5. The minimum atomic E-state index is -0.441. The molecule has 26 heavy (non-hydrogen) atoms. The predicted octanol–water partition coefficient (Wildman–Crippen LogP) is 1.20. The Balaban J connectivity index is 1.47. The first kappa shape index (κ1) is 17.2. The summed E-state index contributed by atoms with van der Waals surface area (Å²) in [6.07, 6.45) is 2.06. The van der Waals surface area contributed by atoms with Crippen molar-refractivity contribution in [3.05, 3.63) is 71.8 Å². The van der Waals surface area contributed by atoms with Crippen molar-refractivity contribution in [3.63, 3.8) is 0 Å². The van der Waals surface area contributed by atoms with Gasteiger partial charge in [0.2, 0.25) is 5.91 Å². The topological polar surface area (TPSA) is 102 Å². The number of hydrogen-bond acceptors (Lipinski definition) is 5. The number of tetrazole rings is 1. The molecule has 0 atom stereocenters. The van der Waals surface area contributed by atoms with Crippen LogP contribution in [0.5, 0.6) is 0 Å². The van der Waals surface area contributed by atoms with Crippen LogP contribution in [0.4, 0.5) is 4.39 Å². The Bertz CT molecular complexity index is 879. The molecule has 0 saturated carbocycles. The van der Waals surface area contributed by atoms with Crippen molar-refractivity contribution in [1.29, 1.82) is 0 Å². The Morgan fingerprint density at radius 2 is 1.73 bits per heavy atom. The van der Waals surface area contributed by atoms with Gasteiger partial charge in [-0.15, -0.1) is 5.10 Å². The molecule has 0 bridgehead atoms. The van der Waals surface area contributed by atoms with Crippen LogP contribution in [-0.2, 0) is 11.2 Å². The predicted molar refractivity (Wildman–Crippen MR) is 89.5 cm³/mol. The number of halogens is 1. The van der Waals surface area contributed by atoms with E-state index in [0.29, 0.717) is 17.7 Å². The lowest BCUT2D eigenvalue weighted by molar-refractivity contribution is -0.121. The minimum absolute atomic E-state index is 0.171. The number of rotatable bonds is 5. The Hall–Kier alpha value is -3.62. The minimum Gasteiger partial charge on any atom is -0.273 e. The molecule has 0 unspecified atom stereocenters. The maximum atomic E-state index is 12.8. The van der Waals surface area contributed by atoms with Crippen molar-refractivity contribution < 1.29 is 14.0 Å². The Kier molecular flexibility index (Phi) is 5.28. The number of benzene rings is 2. The van der Waals surface area contributed by atoms with Crippen LogP contribution in [0.2, 0.25) is 0 Å². The van der Waals surface area contributed by atoms with Crippen LogP contribution < -0.4 is 10.9 Å². The van der Waals surface area contributed by atoms with Crippen LogP contribution in [-0.4, -0.2) is 32.0 Å². The summed E-state index contributed by atoms with van der Waals surface area (Å²) < 4.78 is 14.3. The molecule has 3 rings (SSSR count). The molecule has 1 heterocycles. The second-order valence-electron chi connectivity index (χ2n) is 5.43. The summed E-state index contributed by atoms with van der Waals surface area (Å²) in [6.45, 7) is 0. The van der Waals surface area contributed by atoms with Crippen LogP contribution in [0.25, 0.3) is 5.69 Å². The number of hydrogen-bond donors (Lipinski definition) is 2. The van der Waals surface area contributed by atoms with Crippen molar-refractivity contribution >= 4 is 11.8 Å². The Morgan fingerprint density at radius 3 is 2.38 bits per heavy atom. The highest BCUT2D eigenvalue weighted by Gasteiger charge is 2.08. The van der Waals surface area contributed by atoms with Gasteiger partial charge in [0.05, 0.1) is 5.69 Å². The zero-order valence-corrected chi connectivity index (χ0v) is 13.6. The first-order chi connectivity index (χ1) is 12.6. The fourth-order valence-corrected chi connectivity index (χ4v) is 2.22. The van der Waals surface area contributed by atoms with Gasteiger partial charge in [0.15, 0.2) is 0 Å². The molecule has 0 aliphatic carbocycles. The Morgan fingerprint density at radius 1 is 1.00 bits per heavy atom. The van der Waals surface area contributed by atoms with E-state index >= 15 is 0 Å². The highest BCUT2D eigenvalue weighted by Crippen LogP contribution is 2.08. The van der Waals surface area contributed by atoms with E-state index in [9.17, 15) is 14.0 Å². The highest BCUT2D eigenvalue weighted by molar-refractivity contribution is 5.95. The van der Waals surface area contributed by atoms with Crippen LogP contribution in [0.15, 0.2) is 54.9 Å². The maximum Gasteiger partial charge on any atom is 0.269 e. The third kappa shape index (κ3) is 4.47. The molecule has 0 fully saturated rings. The van der Waals surface area contributed by atoms with Gasteiger partial charge in [-0.25, -0.2) is 9.07 Å².